The molecular weight excluding hydrogens is 220 g/mol. The molecule has 0 N–H and O–H groups in total. The Labute approximate surface area is 76.6 Å². The first kappa shape index (κ1) is 7.25. The van der Waals surface area contributed by atoms with Gasteiger partial charge in [0.2, 0.25) is 0 Å². The van der Waals surface area contributed by atoms with Crippen LogP contribution in [0.15, 0.2) is 22.9 Å². The highest BCUT2D eigenvalue weighted by molar-refractivity contribution is 9.10. The van der Waals surface area contributed by atoms with Crippen molar-refractivity contribution in [3.63, 3.8) is 0 Å². The summed E-state index contributed by atoms with van der Waals surface area (Å²) in [4.78, 5) is 4.05. The van der Waals surface area contributed by atoms with Gasteiger partial charge in [-0.3, -0.25) is 0 Å². The van der Waals surface area contributed by atoms with Gasteiger partial charge in [-0.05, 0) is 22.0 Å². The van der Waals surface area contributed by atoms with E-state index in [2.05, 4.69) is 26.0 Å². The molecule has 2 aromatic heterocycles. The minimum atomic E-state index is 0.392. The summed E-state index contributed by atoms with van der Waals surface area (Å²) in [7, 11) is 0. The monoisotopic (exact) mass is 222 g/mol. The molecule has 0 aliphatic carbocycles. The molecule has 0 amide bonds. The van der Waals surface area contributed by atoms with Crippen molar-refractivity contribution in [2.75, 3.05) is 0 Å². The van der Waals surface area contributed by atoms with Gasteiger partial charge >= 0.3 is 0 Å². The van der Waals surface area contributed by atoms with E-state index in [9.17, 15) is 0 Å². The fourth-order valence-corrected chi connectivity index (χ4v) is 1.27. The number of hydrogen-bond donors (Lipinski definition) is 0. The second-order valence-electron chi connectivity index (χ2n) is 2.19. The maximum absolute atomic E-state index is 8.57. The Bertz CT molecular complexity index is 468. The van der Waals surface area contributed by atoms with Crippen LogP contribution >= 0.6 is 15.9 Å². The summed E-state index contributed by atoms with van der Waals surface area (Å²) in [5.41, 5.74) is 1.05. The molecule has 4 nitrogen and oxygen atoms in total. The molecule has 0 aliphatic rings. The Kier molecular flexibility index (Phi) is 1.55. The van der Waals surface area contributed by atoms with Gasteiger partial charge < -0.3 is 0 Å². The lowest BCUT2D eigenvalue weighted by Crippen LogP contribution is -1.91. The smallest absolute Gasteiger partial charge is 0.170 e. The molecule has 58 valence electrons. The number of nitrogens with zero attached hydrogens (tertiary/aromatic N) is 4. The van der Waals surface area contributed by atoms with Crippen LogP contribution in [0.25, 0.3) is 5.65 Å². The van der Waals surface area contributed by atoms with E-state index in [1.165, 1.54) is 0 Å². The molecule has 0 saturated heterocycles. The third kappa shape index (κ3) is 0.970. The number of halogens is 1. The molecule has 2 aromatic rings. The largest absolute Gasteiger partial charge is 0.221 e. The summed E-state index contributed by atoms with van der Waals surface area (Å²) in [6, 6.07) is 3.58. The van der Waals surface area contributed by atoms with Crippen molar-refractivity contribution >= 4 is 21.6 Å². The van der Waals surface area contributed by atoms with Crippen LogP contribution < -0.4 is 0 Å². The number of rotatable bonds is 0. The van der Waals surface area contributed by atoms with Crippen LogP contribution in [0.5, 0.6) is 0 Å². The summed E-state index contributed by atoms with van der Waals surface area (Å²) in [5.74, 6) is 0. The minimum Gasteiger partial charge on any atom is -0.221 e. The van der Waals surface area contributed by atoms with Crippen LogP contribution in [-0.2, 0) is 0 Å². The zero-order valence-electron chi connectivity index (χ0n) is 5.90. The quantitative estimate of drug-likeness (QED) is 0.677. The van der Waals surface area contributed by atoms with Crippen molar-refractivity contribution in [2.45, 2.75) is 0 Å². The van der Waals surface area contributed by atoms with Crippen molar-refractivity contribution in [3.05, 3.63) is 28.6 Å². The summed E-state index contributed by atoms with van der Waals surface area (Å²) in [6.07, 6.45) is 3.34. The Balaban J connectivity index is 2.82. The Morgan fingerprint density at radius 1 is 1.58 bits per heavy atom. The third-order valence-electron chi connectivity index (χ3n) is 1.44. The average Bonchev–Trinajstić information content (AvgIpc) is 2.47. The molecule has 0 spiro atoms. The maximum Gasteiger partial charge on any atom is 0.170 e. The summed E-state index contributed by atoms with van der Waals surface area (Å²) in [6.45, 7) is 0. The van der Waals surface area contributed by atoms with E-state index in [1.54, 1.807) is 23.0 Å². The number of nitriles is 1. The molecule has 5 heteroatoms. The van der Waals surface area contributed by atoms with Crippen LogP contribution in [0.2, 0.25) is 0 Å². The zero-order chi connectivity index (χ0) is 8.55. The highest BCUT2D eigenvalue weighted by atomic mass is 79.9. The van der Waals surface area contributed by atoms with Gasteiger partial charge in [0.05, 0.1) is 10.7 Å². The van der Waals surface area contributed by atoms with Gasteiger partial charge in [0.1, 0.15) is 11.8 Å². The topological polar surface area (TPSA) is 54.0 Å². The first-order valence-electron chi connectivity index (χ1n) is 3.21. The van der Waals surface area contributed by atoms with Crippen molar-refractivity contribution < 1.29 is 0 Å². The van der Waals surface area contributed by atoms with E-state index in [1.807, 2.05) is 6.07 Å². The molecule has 2 rings (SSSR count). The van der Waals surface area contributed by atoms with Gasteiger partial charge in [0, 0.05) is 6.20 Å². The zero-order valence-corrected chi connectivity index (χ0v) is 7.48. The Morgan fingerprint density at radius 2 is 2.42 bits per heavy atom. The van der Waals surface area contributed by atoms with Gasteiger partial charge in [-0.25, -0.2) is 9.50 Å². The van der Waals surface area contributed by atoms with Crippen molar-refractivity contribution in [3.8, 4) is 6.07 Å². The van der Waals surface area contributed by atoms with Crippen molar-refractivity contribution in [1.82, 2.24) is 14.6 Å². The summed E-state index contributed by atoms with van der Waals surface area (Å²) < 4.78 is 2.39. The van der Waals surface area contributed by atoms with Gasteiger partial charge in [0.15, 0.2) is 5.65 Å². The van der Waals surface area contributed by atoms with Crippen LogP contribution in [0.1, 0.15) is 5.69 Å². The molecule has 0 saturated carbocycles. The van der Waals surface area contributed by atoms with Crippen LogP contribution in [-0.4, -0.2) is 14.6 Å². The number of hydrogen-bond acceptors (Lipinski definition) is 3. The average molecular weight is 223 g/mol. The first-order chi connectivity index (χ1) is 5.81. The standard InChI is InChI=1S/C7H3BrN4/c8-6-4-10-12-2-1-5(3-9)11-7(6)12/h1-2,4H. The Morgan fingerprint density at radius 3 is 3.17 bits per heavy atom. The molecule has 0 aromatic carbocycles. The lowest BCUT2D eigenvalue weighted by molar-refractivity contribution is 0.935. The lowest BCUT2D eigenvalue weighted by Gasteiger charge is -1.91. The minimum absolute atomic E-state index is 0.392. The predicted octanol–water partition coefficient (Wildman–Crippen LogP) is 1.36. The third-order valence-corrected chi connectivity index (χ3v) is 2.00. The second kappa shape index (κ2) is 2.57. The SMILES string of the molecule is N#Cc1ccn2ncc(Br)c2n1. The van der Waals surface area contributed by atoms with Crippen molar-refractivity contribution in [2.24, 2.45) is 0 Å². The van der Waals surface area contributed by atoms with Gasteiger partial charge in [-0.15, -0.1) is 0 Å². The lowest BCUT2D eigenvalue weighted by atomic mass is 10.4. The van der Waals surface area contributed by atoms with Crippen molar-refractivity contribution in [1.29, 1.82) is 5.26 Å². The van der Waals surface area contributed by atoms with Crippen LogP contribution in [0.4, 0.5) is 0 Å². The van der Waals surface area contributed by atoms with Gasteiger partial charge in [0.25, 0.3) is 0 Å². The summed E-state index contributed by atoms with van der Waals surface area (Å²) in [5, 5.41) is 12.6. The second-order valence-corrected chi connectivity index (χ2v) is 3.04. The highest BCUT2D eigenvalue weighted by Crippen LogP contribution is 2.14. The van der Waals surface area contributed by atoms with E-state index in [4.69, 9.17) is 5.26 Å². The molecule has 2 heterocycles. The van der Waals surface area contributed by atoms with Crippen LogP contribution in [0, 0.1) is 11.3 Å². The van der Waals surface area contributed by atoms with E-state index in [0.29, 0.717) is 11.3 Å². The molecule has 0 unspecified atom stereocenters. The molecule has 0 aliphatic heterocycles. The van der Waals surface area contributed by atoms with Gasteiger partial charge in [-0.2, -0.15) is 10.4 Å². The maximum atomic E-state index is 8.57. The van der Waals surface area contributed by atoms with Gasteiger partial charge in [-0.1, -0.05) is 0 Å². The highest BCUT2D eigenvalue weighted by Gasteiger charge is 2.02. The molecule has 12 heavy (non-hydrogen) atoms. The van der Waals surface area contributed by atoms with E-state index < -0.39 is 0 Å². The fraction of sp³-hybridized carbons (Fsp3) is 0. The summed E-state index contributed by atoms with van der Waals surface area (Å²) >= 11 is 3.27. The van der Waals surface area contributed by atoms with Crippen LogP contribution in [0.3, 0.4) is 0 Å². The molecule has 0 radical (unpaired) electrons. The number of aromatic nitrogens is 3. The molecular formula is C7H3BrN4. The fourth-order valence-electron chi connectivity index (χ4n) is 0.903. The normalized spacial score (nSPS) is 10.0. The van der Waals surface area contributed by atoms with E-state index >= 15 is 0 Å². The predicted molar refractivity (Wildman–Crippen MR) is 45.4 cm³/mol. The molecule has 0 bridgehead atoms. The molecule has 0 atom stereocenters. The van der Waals surface area contributed by atoms with E-state index in [0.717, 1.165) is 4.47 Å². The Hall–Kier alpha value is -1.41. The number of fused-ring (bicyclic) bond motifs is 1. The molecule has 0 fully saturated rings. The van der Waals surface area contributed by atoms with E-state index in [-0.39, 0.29) is 0 Å². The first-order valence-corrected chi connectivity index (χ1v) is 4.00.